The van der Waals surface area contributed by atoms with Crippen LogP contribution in [0.25, 0.3) is 0 Å². The number of aromatic nitrogens is 2. The Bertz CT molecular complexity index is 496. The second-order valence-electron chi connectivity index (χ2n) is 6.47. The molecule has 0 unspecified atom stereocenters. The lowest BCUT2D eigenvalue weighted by Gasteiger charge is -2.36. The lowest BCUT2D eigenvalue weighted by molar-refractivity contribution is -0.0179. The normalized spacial score (nSPS) is 25.9. The predicted molar refractivity (Wildman–Crippen MR) is 80.3 cm³/mol. The van der Waals surface area contributed by atoms with Crippen LogP contribution in [0.3, 0.4) is 0 Å². The maximum atomic E-state index is 12.3. The highest BCUT2D eigenvalue weighted by Crippen LogP contribution is 2.35. The number of carbonyl (C=O) groups is 1. The first-order chi connectivity index (χ1) is 9.92. The van der Waals surface area contributed by atoms with Crippen LogP contribution in [0.1, 0.15) is 50.5 Å². The van der Waals surface area contributed by atoms with E-state index in [1.54, 1.807) is 24.9 Å². The summed E-state index contributed by atoms with van der Waals surface area (Å²) >= 11 is 0. The molecule has 0 N–H and O–H groups in total. The van der Waals surface area contributed by atoms with Gasteiger partial charge in [0.2, 0.25) is 5.88 Å². The van der Waals surface area contributed by atoms with Crippen molar-refractivity contribution in [1.82, 2.24) is 9.78 Å². The van der Waals surface area contributed by atoms with Crippen molar-refractivity contribution in [2.45, 2.75) is 46.1 Å². The summed E-state index contributed by atoms with van der Waals surface area (Å²) in [5, 5.41) is 4.15. The van der Waals surface area contributed by atoms with Crippen LogP contribution < -0.4 is 4.74 Å². The third-order valence-electron chi connectivity index (χ3n) is 4.47. The molecule has 1 aromatic rings. The second kappa shape index (κ2) is 6.50. The smallest absolute Gasteiger partial charge is 0.359 e. The number of hydrogen-bond acceptors (Lipinski definition) is 4. The number of methoxy groups -OCH3 is 1. The van der Waals surface area contributed by atoms with Crippen molar-refractivity contribution in [3.8, 4) is 5.88 Å². The zero-order valence-electron chi connectivity index (χ0n) is 13.6. The summed E-state index contributed by atoms with van der Waals surface area (Å²) in [5.41, 5.74) is 0.315. The fraction of sp³-hybridized carbons (Fsp3) is 0.750. The third-order valence-corrected chi connectivity index (χ3v) is 4.47. The van der Waals surface area contributed by atoms with Crippen LogP contribution >= 0.6 is 0 Å². The van der Waals surface area contributed by atoms with E-state index < -0.39 is 0 Å². The molecule has 1 saturated carbocycles. The molecule has 0 bridgehead atoms. The number of carbonyl (C=O) groups excluding carboxylic acids is 1. The first-order valence-electron chi connectivity index (χ1n) is 7.71. The average molecular weight is 294 g/mol. The van der Waals surface area contributed by atoms with Crippen LogP contribution in [-0.2, 0) is 11.8 Å². The minimum atomic E-state index is -0.348. The average Bonchev–Trinajstić information content (AvgIpc) is 2.79. The fourth-order valence-electron chi connectivity index (χ4n) is 3.19. The van der Waals surface area contributed by atoms with E-state index in [2.05, 4.69) is 25.9 Å². The molecule has 3 atom stereocenters. The van der Waals surface area contributed by atoms with Gasteiger partial charge in [0, 0.05) is 13.1 Å². The topological polar surface area (TPSA) is 53.4 Å². The van der Waals surface area contributed by atoms with E-state index >= 15 is 0 Å². The van der Waals surface area contributed by atoms with Gasteiger partial charge in [0.1, 0.15) is 6.10 Å². The van der Waals surface area contributed by atoms with Gasteiger partial charge in [0.25, 0.3) is 0 Å². The summed E-state index contributed by atoms with van der Waals surface area (Å²) in [6.07, 6.45) is 3.28. The molecule has 5 heteroatoms. The van der Waals surface area contributed by atoms with E-state index in [9.17, 15) is 4.79 Å². The summed E-state index contributed by atoms with van der Waals surface area (Å²) in [6, 6.07) is 1.62. The standard InChI is InChI=1S/C16H26N2O3/c1-10(2)12-7-6-11(3)8-14(12)21-16(19)13-9-15(20-5)18(4)17-13/h9-12,14H,6-8H2,1-5H3/t11-,12+,14-/m0/s1. The minimum absolute atomic E-state index is 0.00532. The molecule has 0 spiro atoms. The van der Waals surface area contributed by atoms with Crippen molar-refractivity contribution in [1.29, 1.82) is 0 Å². The van der Waals surface area contributed by atoms with Gasteiger partial charge in [-0.2, -0.15) is 5.10 Å². The number of aryl methyl sites for hydroxylation is 1. The maximum absolute atomic E-state index is 12.3. The lowest BCUT2D eigenvalue weighted by Crippen LogP contribution is -2.36. The SMILES string of the molecule is COc1cc(C(=O)O[C@H]2C[C@@H](C)CC[C@@H]2C(C)C)nn1C. The van der Waals surface area contributed by atoms with Gasteiger partial charge in [-0.25, -0.2) is 9.48 Å². The number of hydrogen-bond donors (Lipinski definition) is 0. The molecule has 0 saturated heterocycles. The van der Waals surface area contributed by atoms with Crippen LogP contribution in [0.15, 0.2) is 6.07 Å². The van der Waals surface area contributed by atoms with Crippen molar-refractivity contribution in [3.63, 3.8) is 0 Å². The van der Waals surface area contributed by atoms with Crippen LogP contribution in [0, 0.1) is 17.8 Å². The van der Waals surface area contributed by atoms with Crippen LogP contribution in [0.5, 0.6) is 5.88 Å². The second-order valence-corrected chi connectivity index (χ2v) is 6.47. The van der Waals surface area contributed by atoms with Crippen molar-refractivity contribution in [3.05, 3.63) is 11.8 Å². The molecule has 0 aromatic carbocycles. The van der Waals surface area contributed by atoms with E-state index in [0.717, 1.165) is 12.8 Å². The maximum Gasteiger partial charge on any atom is 0.359 e. The molecule has 1 fully saturated rings. The molecule has 0 amide bonds. The monoisotopic (exact) mass is 294 g/mol. The summed E-state index contributed by atoms with van der Waals surface area (Å²) < 4.78 is 12.4. The molecule has 2 rings (SSSR count). The van der Waals surface area contributed by atoms with Gasteiger partial charge in [0.05, 0.1) is 7.11 Å². The van der Waals surface area contributed by atoms with E-state index in [1.165, 1.54) is 6.42 Å². The number of rotatable bonds is 4. The van der Waals surface area contributed by atoms with Crippen molar-refractivity contribution in [2.75, 3.05) is 7.11 Å². The lowest BCUT2D eigenvalue weighted by atomic mass is 9.75. The Morgan fingerprint density at radius 1 is 1.43 bits per heavy atom. The largest absolute Gasteiger partial charge is 0.481 e. The molecule has 1 aliphatic carbocycles. The number of esters is 1. The van der Waals surface area contributed by atoms with Crippen molar-refractivity contribution in [2.24, 2.45) is 24.8 Å². The number of nitrogens with zero attached hydrogens (tertiary/aromatic N) is 2. The van der Waals surface area contributed by atoms with E-state index in [4.69, 9.17) is 9.47 Å². The Morgan fingerprint density at radius 3 is 2.71 bits per heavy atom. The molecule has 0 radical (unpaired) electrons. The van der Waals surface area contributed by atoms with Crippen molar-refractivity contribution < 1.29 is 14.3 Å². The van der Waals surface area contributed by atoms with Gasteiger partial charge in [-0.1, -0.05) is 27.2 Å². The molecule has 21 heavy (non-hydrogen) atoms. The molecule has 1 heterocycles. The Labute approximate surface area is 126 Å². The van der Waals surface area contributed by atoms with E-state index in [1.807, 2.05) is 0 Å². The summed E-state index contributed by atoms with van der Waals surface area (Å²) in [4.78, 5) is 12.3. The van der Waals surface area contributed by atoms with Gasteiger partial charge in [-0.3, -0.25) is 0 Å². The minimum Gasteiger partial charge on any atom is -0.481 e. The first-order valence-corrected chi connectivity index (χ1v) is 7.71. The van der Waals surface area contributed by atoms with Gasteiger partial charge in [-0.05, 0) is 30.6 Å². The van der Waals surface area contributed by atoms with E-state index in [0.29, 0.717) is 29.3 Å². The Balaban J connectivity index is 2.08. The molecule has 118 valence electrons. The van der Waals surface area contributed by atoms with Crippen LogP contribution in [-0.4, -0.2) is 29.0 Å². The number of ether oxygens (including phenoxy) is 2. The Morgan fingerprint density at radius 2 is 2.14 bits per heavy atom. The van der Waals surface area contributed by atoms with E-state index in [-0.39, 0.29) is 12.1 Å². The highest BCUT2D eigenvalue weighted by atomic mass is 16.5. The summed E-state index contributed by atoms with van der Waals surface area (Å²) in [5.74, 6) is 1.78. The molecular weight excluding hydrogens is 268 g/mol. The fourth-order valence-corrected chi connectivity index (χ4v) is 3.19. The summed E-state index contributed by atoms with van der Waals surface area (Å²) in [7, 11) is 3.30. The van der Waals surface area contributed by atoms with Gasteiger partial charge in [-0.15, -0.1) is 0 Å². The van der Waals surface area contributed by atoms with Gasteiger partial charge >= 0.3 is 5.97 Å². The molecule has 1 aromatic heterocycles. The van der Waals surface area contributed by atoms with Crippen LogP contribution in [0.2, 0.25) is 0 Å². The van der Waals surface area contributed by atoms with Crippen LogP contribution in [0.4, 0.5) is 0 Å². The molecular formula is C16H26N2O3. The third kappa shape index (κ3) is 3.57. The summed E-state index contributed by atoms with van der Waals surface area (Å²) in [6.45, 7) is 6.62. The van der Waals surface area contributed by atoms with Gasteiger partial charge < -0.3 is 9.47 Å². The predicted octanol–water partition coefficient (Wildman–Crippen LogP) is 3.05. The molecule has 5 nitrogen and oxygen atoms in total. The molecule has 1 aliphatic rings. The van der Waals surface area contributed by atoms with Gasteiger partial charge in [0.15, 0.2) is 5.69 Å². The van der Waals surface area contributed by atoms with Crippen molar-refractivity contribution >= 4 is 5.97 Å². The highest BCUT2D eigenvalue weighted by Gasteiger charge is 2.34. The highest BCUT2D eigenvalue weighted by molar-refractivity contribution is 5.87. The Hall–Kier alpha value is -1.52. The Kier molecular flexibility index (Phi) is 4.91. The zero-order chi connectivity index (χ0) is 15.6. The first kappa shape index (κ1) is 15.9. The molecule has 0 aliphatic heterocycles. The zero-order valence-corrected chi connectivity index (χ0v) is 13.6. The quantitative estimate of drug-likeness (QED) is 0.801.